The van der Waals surface area contributed by atoms with Crippen molar-refractivity contribution >= 4 is 39.5 Å². The Morgan fingerprint density at radius 2 is 1.67 bits per heavy atom. The molecule has 0 aliphatic rings. The first-order valence-electron chi connectivity index (χ1n) is 8.50. The predicted octanol–water partition coefficient (Wildman–Crippen LogP) is 5.03. The molecule has 6 heteroatoms. The lowest BCUT2D eigenvalue weighted by Gasteiger charge is -2.09. The van der Waals surface area contributed by atoms with Gasteiger partial charge in [0.15, 0.2) is 5.11 Å². The van der Waals surface area contributed by atoms with Crippen LogP contribution in [0.3, 0.4) is 0 Å². The fraction of sp³-hybridized carbons (Fsp3) is 0.0476. The molecule has 0 fully saturated rings. The number of fused-ring (bicyclic) bond motifs is 1. The van der Waals surface area contributed by atoms with E-state index in [1.165, 1.54) is 28.5 Å². The van der Waals surface area contributed by atoms with Crippen molar-refractivity contribution in [1.82, 2.24) is 9.78 Å². The van der Waals surface area contributed by atoms with E-state index in [1.807, 2.05) is 23.0 Å². The zero-order valence-electron chi connectivity index (χ0n) is 14.4. The Bertz CT molecular complexity index is 1080. The Morgan fingerprint density at radius 1 is 0.926 bits per heavy atom. The van der Waals surface area contributed by atoms with E-state index in [4.69, 9.17) is 12.2 Å². The summed E-state index contributed by atoms with van der Waals surface area (Å²) < 4.78 is 14.8. The van der Waals surface area contributed by atoms with Crippen LogP contribution in [0, 0.1) is 5.82 Å². The highest BCUT2D eigenvalue weighted by molar-refractivity contribution is 7.80. The van der Waals surface area contributed by atoms with E-state index in [0.717, 1.165) is 11.4 Å². The molecule has 0 aliphatic carbocycles. The van der Waals surface area contributed by atoms with Crippen molar-refractivity contribution < 1.29 is 4.39 Å². The molecular formula is C21H17FN4S. The molecule has 2 N–H and O–H groups in total. The molecule has 1 aromatic heterocycles. The molecule has 0 radical (unpaired) electrons. The third-order valence-electron chi connectivity index (χ3n) is 4.21. The number of hydrogen-bond acceptors (Lipinski definition) is 2. The summed E-state index contributed by atoms with van der Waals surface area (Å²) in [5, 5.41) is 13.4. The van der Waals surface area contributed by atoms with Crippen LogP contribution >= 0.6 is 12.2 Å². The third-order valence-corrected chi connectivity index (χ3v) is 4.41. The Hall–Kier alpha value is -3.25. The first kappa shape index (κ1) is 17.2. The number of nitrogens with one attached hydrogen (secondary N) is 2. The molecule has 0 saturated carbocycles. The summed E-state index contributed by atoms with van der Waals surface area (Å²) in [5.41, 5.74) is 2.71. The largest absolute Gasteiger partial charge is 0.332 e. The van der Waals surface area contributed by atoms with Crippen LogP contribution in [-0.4, -0.2) is 14.9 Å². The van der Waals surface area contributed by atoms with Crippen LogP contribution in [0.25, 0.3) is 10.8 Å². The number of halogens is 1. The predicted molar refractivity (Wildman–Crippen MR) is 112 cm³/mol. The van der Waals surface area contributed by atoms with Crippen molar-refractivity contribution in [3.8, 4) is 0 Å². The molecule has 0 aliphatic heterocycles. The van der Waals surface area contributed by atoms with Gasteiger partial charge in [0.05, 0.1) is 18.4 Å². The second kappa shape index (κ2) is 7.55. The average Bonchev–Trinajstić information content (AvgIpc) is 3.10. The number of aromatic nitrogens is 2. The average molecular weight is 376 g/mol. The SMILES string of the molecule is Fc1ccc(NC(=S)Nc2cnn(Cc3cccc4ccccc34)c2)cc1. The molecule has 27 heavy (non-hydrogen) atoms. The van der Waals surface area contributed by atoms with Crippen LogP contribution in [0.2, 0.25) is 0 Å². The van der Waals surface area contributed by atoms with Crippen LogP contribution in [-0.2, 0) is 6.54 Å². The molecule has 0 spiro atoms. The van der Waals surface area contributed by atoms with Gasteiger partial charge in [0, 0.05) is 11.9 Å². The summed E-state index contributed by atoms with van der Waals surface area (Å²) in [6.45, 7) is 0.668. The summed E-state index contributed by atoms with van der Waals surface area (Å²) in [5.74, 6) is -0.283. The van der Waals surface area contributed by atoms with E-state index in [-0.39, 0.29) is 5.82 Å². The second-order valence-electron chi connectivity index (χ2n) is 6.15. The smallest absolute Gasteiger partial charge is 0.175 e. The van der Waals surface area contributed by atoms with Gasteiger partial charge in [0.2, 0.25) is 0 Å². The van der Waals surface area contributed by atoms with E-state index in [2.05, 4.69) is 46.1 Å². The molecule has 4 rings (SSSR count). The van der Waals surface area contributed by atoms with E-state index < -0.39 is 0 Å². The maximum Gasteiger partial charge on any atom is 0.175 e. The minimum absolute atomic E-state index is 0.283. The molecular weight excluding hydrogens is 359 g/mol. The van der Waals surface area contributed by atoms with Crippen molar-refractivity contribution in [3.63, 3.8) is 0 Å². The van der Waals surface area contributed by atoms with Gasteiger partial charge in [-0.1, -0.05) is 42.5 Å². The zero-order valence-corrected chi connectivity index (χ0v) is 15.2. The van der Waals surface area contributed by atoms with Gasteiger partial charge in [0.25, 0.3) is 0 Å². The summed E-state index contributed by atoms with van der Waals surface area (Å²) >= 11 is 5.30. The van der Waals surface area contributed by atoms with Gasteiger partial charge in [-0.05, 0) is 52.8 Å². The Balaban J connectivity index is 1.44. The molecule has 0 unspecified atom stereocenters. The highest BCUT2D eigenvalue weighted by Crippen LogP contribution is 2.20. The molecule has 0 saturated heterocycles. The maximum atomic E-state index is 13.0. The van der Waals surface area contributed by atoms with Crippen LogP contribution in [0.5, 0.6) is 0 Å². The monoisotopic (exact) mass is 376 g/mol. The van der Waals surface area contributed by atoms with Crippen molar-refractivity contribution in [2.45, 2.75) is 6.54 Å². The number of benzene rings is 3. The molecule has 4 nitrogen and oxygen atoms in total. The Labute approximate surface area is 161 Å². The maximum absolute atomic E-state index is 13.0. The van der Waals surface area contributed by atoms with Crippen LogP contribution < -0.4 is 10.6 Å². The lowest BCUT2D eigenvalue weighted by Crippen LogP contribution is -2.18. The Morgan fingerprint density at radius 3 is 2.52 bits per heavy atom. The summed E-state index contributed by atoms with van der Waals surface area (Å²) in [6, 6.07) is 20.6. The van der Waals surface area contributed by atoms with Gasteiger partial charge in [-0.3, -0.25) is 4.68 Å². The number of thiocarbonyl (C=S) groups is 1. The minimum Gasteiger partial charge on any atom is -0.332 e. The quantitative estimate of drug-likeness (QED) is 0.490. The molecule has 0 bridgehead atoms. The molecule has 0 amide bonds. The van der Waals surface area contributed by atoms with Gasteiger partial charge in [0.1, 0.15) is 5.82 Å². The van der Waals surface area contributed by atoms with Gasteiger partial charge in [-0.15, -0.1) is 0 Å². The number of hydrogen-bond donors (Lipinski definition) is 2. The van der Waals surface area contributed by atoms with E-state index in [9.17, 15) is 4.39 Å². The van der Waals surface area contributed by atoms with Gasteiger partial charge in [-0.2, -0.15) is 5.10 Å². The molecule has 0 atom stereocenters. The van der Waals surface area contributed by atoms with Gasteiger partial charge >= 0.3 is 0 Å². The number of nitrogens with zero attached hydrogens (tertiary/aromatic N) is 2. The highest BCUT2D eigenvalue weighted by atomic mass is 32.1. The van der Waals surface area contributed by atoms with E-state index in [0.29, 0.717) is 11.7 Å². The van der Waals surface area contributed by atoms with E-state index in [1.54, 1.807) is 18.3 Å². The summed E-state index contributed by atoms with van der Waals surface area (Å²) in [7, 11) is 0. The summed E-state index contributed by atoms with van der Waals surface area (Å²) in [4.78, 5) is 0. The molecule has 1 heterocycles. The third kappa shape index (κ3) is 4.12. The fourth-order valence-corrected chi connectivity index (χ4v) is 3.18. The zero-order chi connectivity index (χ0) is 18.6. The highest BCUT2D eigenvalue weighted by Gasteiger charge is 2.05. The Kier molecular flexibility index (Phi) is 4.80. The standard InChI is InChI=1S/C21H17FN4S/c22-17-8-10-18(11-9-17)24-21(27)25-19-12-23-26(14-19)13-16-6-3-5-15-4-1-2-7-20(15)16/h1-12,14H,13H2,(H2,24,25,27). The lowest BCUT2D eigenvalue weighted by atomic mass is 10.0. The lowest BCUT2D eigenvalue weighted by molar-refractivity contribution is 0.628. The molecule has 4 aromatic rings. The fourth-order valence-electron chi connectivity index (χ4n) is 2.95. The van der Waals surface area contributed by atoms with Crippen molar-refractivity contribution in [1.29, 1.82) is 0 Å². The van der Waals surface area contributed by atoms with Crippen LogP contribution in [0.4, 0.5) is 15.8 Å². The topological polar surface area (TPSA) is 41.9 Å². The van der Waals surface area contributed by atoms with Crippen molar-refractivity contribution in [2.24, 2.45) is 0 Å². The molecule has 134 valence electrons. The first-order chi connectivity index (χ1) is 13.2. The van der Waals surface area contributed by atoms with Gasteiger partial charge in [-0.25, -0.2) is 4.39 Å². The summed E-state index contributed by atoms with van der Waals surface area (Å²) in [6.07, 6.45) is 3.63. The van der Waals surface area contributed by atoms with E-state index >= 15 is 0 Å². The van der Waals surface area contributed by atoms with Crippen molar-refractivity contribution in [3.05, 3.63) is 90.5 Å². The minimum atomic E-state index is -0.283. The number of rotatable bonds is 4. The van der Waals surface area contributed by atoms with Crippen molar-refractivity contribution in [2.75, 3.05) is 10.6 Å². The first-order valence-corrected chi connectivity index (χ1v) is 8.91. The normalized spacial score (nSPS) is 10.7. The second-order valence-corrected chi connectivity index (χ2v) is 6.56. The molecule has 3 aromatic carbocycles. The van der Waals surface area contributed by atoms with Gasteiger partial charge < -0.3 is 10.6 Å². The van der Waals surface area contributed by atoms with Crippen LogP contribution in [0.15, 0.2) is 79.1 Å². The number of anilines is 2. The van der Waals surface area contributed by atoms with Crippen LogP contribution in [0.1, 0.15) is 5.56 Å².